The van der Waals surface area contributed by atoms with Crippen LogP contribution in [0.1, 0.15) is 24.2 Å². The van der Waals surface area contributed by atoms with Crippen LogP contribution < -0.4 is 4.74 Å². The van der Waals surface area contributed by atoms with Crippen LogP contribution in [0, 0.1) is 6.92 Å². The number of β-amino-alcohol motifs (C(OH)–C–C–N with tert-alkyl or cyclic N) is 1. The number of morpholine rings is 1. The molecule has 3 rings (SSSR count). The number of rotatable bonds is 6. The van der Waals surface area contributed by atoms with Crippen molar-refractivity contribution in [3.05, 3.63) is 63.1 Å². The molecule has 0 radical (unpaired) electrons. The Bertz CT molecular complexity index is 756. The zero-order valence-electron chi connectivity index (χ0n) is 15.6. The van der Waals surface area contributed by atoms with Crippen molar-refractivity contribution < 1.29 is 14.6 Å². The first-order valence-electron chi connectivity index (χ1n) is 9.12. The third-order valence-electron chi connectivity index (χ3n) is 4.85. The van der Waals surface area contributed by atoms with Crippen LogP contribution in [0.2, 0.25) is 5.02 Å². The van der Waals surface area contributed by atoms with Crippen molar-refractivity contribution in [1.29, 1.82) is 0 Å². The first kappa shape index (κ1) is 20.6. The topological polar surface area (TPSA) is 41.9 Å². The zero-order valence-corrected chi connectivity index (χ0v) is 17.9. The van der Waals surface area contributed by atoms with Gasteiger partial charge in [-0.25, -0.2) is 0 Å². The molecule has 1 N–H and O–H groups in total. The molecular weight excluding hydrogens is 430 g/mol. The van der Waals surface area contributed by atoms with Gasteiger partial charge in [-0.2, -0.15) is 0 Å². The summed E-state index contributed by atoms with van der Waals surface area (Å²) < 4.78 is 12.8. The smallest absolute Gasteiger partial charge is 0.138 e. The summed E-state index contributed by atoms with van der Waals surface area (Å²) in [5, 5.41) is 11.0. The van der Waals surface area contributed by atoms with Crippen molar-refractivity contribution in [3.8, 4) is 5.75 Å². The largest absolute Gasteiger partial charge is 0.489 e. The zero-order chi connectivity index (χ0) is 19.4. The van der Waals surface area contributed by atoms with Crippen molar-refractivity contribution in [1.82, 2.24) is 4.90 Å². The summed E-state index contributed by atoms with van der Waals surface area (Å²) in [5.74, 6) is 0.601. The third-order valence-corrected chi connectivity index (χ3v) is 5.68. The van der Waals surface area contributed by atoms with Crippen LogP contribution in [0.4, 0.5) is 0 Å². The molecule has 2 aromatic rings. The van der Waals surface area contributed by atoms with E-state index in [1.807, 2.05) is 37.3 Å². The van der Waals surface area contributed by atoms with Crippen LogP contribution in [0.5, 0.6) is 5.75 Å². The minimum absolute atomic E-state index is 0.00786. The number of aliphatic hydroxyl groups is 1. The number of nitrogens with zero attached hydrogens (tertiary/aromatic N) is 1. The fourth-order valence-electron chi connectivity index (χ4n) is 3.35. The van der Waals surface area contributed by atoms with E-state index in [0.717, 1.165) is 22.1 Å². The van der Waals surface area contributed by atoms with Gasteiger partial charge in [-0.15, -0.1) is 0 Å². The van der Waals surface area contributed by atoms with Gasteiger partial charge in [0.25, 0.3) is 0 Å². The highest BCUT2D eigenvalue weighted by molar-refractivity contribution is 9.10. The van der Waals surface area contributed by atoms with Gasteiger partial charge in [0, 0.05) is 23.6 Å². The second kappa shape index (κ2) is 9.39. The van der Waals surface area contributed by atoms with Gasteiger partial charge in [0.05, 0.1) is 17.7 Å². The van der Waals surface area contributed by atoms with E-state index in [1.54, 1.807) is 0 Å². The molecule has 0 spiro atoms. The van der Waals surface area contributed by atoms with E-state index >= 15 is 0 Å². The second-order valence-corrected chi connectivity index (χ2v) is 8.30. The number of benzene rings is 2. The van der Waals surface area contributed by atoms with Crippen molar-refractivity contribution >= 4 is 27.5 Å². The average Bonchev–Trinajstić information content (AvgIpc) is 2.64. The van der Waals surface area contributed by atoms with Crippen LogP contribution in [0.3, 0.4) is 0 Å². The van der Waals surface area contributed by atoms with Gasteiger partial charge in [0.2, 0.25) is 0 Å². The fourth-order valence-corrected chi connectivity index (χ4v) is 3.90. The number of aliphatic hydroxyl groups excluding tert-OH is 1. The lowest BCUT2D eigenvalue weighted by Crippen LogP contribution is -2.49. The molecule has 2 aromatic carbocycles. The summed E-state index contributed by atoms with van der Waals surface area (Å²) in [6, 6.07) is 14.0. The highest BCUT2D eigenvalue weighted by atomic mass is 79.9. The third kappa shape index (κ3) is 5.46. The van der Waals surface area contributed by atoms with Crippen LogP contribution in [0.15, 0.2) is 46.9 Å². The van der Waals surface area contributed by atoms with Gasteiger partial charge in [0.1, 0.15) is 18.5 Å². The fraction of sp³-hybridized carbons (Fsp3) is 0.429. The lowest BCUT2D eigenvalue weighted by molar-refractivity contribution is -0.0804. The van der Waals surface area contributed by atoms with Gasteiger partial charge >= 0.3 is 0 Å². The minimum atomic E-state index is -0.603. The normalized spacial score (nSPS) is 21.8. The Morgan fingerprint density at radius 3 is 2.74 bits per heavy atom. The van der Waals surface area contributed by atoms with E-state index in [1.165, 1.54) is 0 Å². The monoisotopic (exact) mass is 453 g/mol. The number of aryl methyl sites for hydroxylation is 1. The molecule has 1 heterocycles. The Kier molecular flexibility index (Phi) is 7.17. The van der Waals surface area contributed by atoms with E-state index in [0.29, 0.717) is 23.9 Å². The van der Waals surface area contributed by atoms with Crippen molar-refractivity contribution in [3.63, 3.8) is 0 Å². The summed E-state index contributed by atoms with van der Waals surface area (Å²) in [6.45, 7) is 6.28. The summed E-state index contributed by atoms with van der Waals surface area (Å²) >= 11 is 9.66. The second-order valence-electron chi connectivity index (χ2n) is 6.98. The first-order chi connectivity index (χ1) is 12.9. The quantitative estimate of drug-likeness (QED) is 0.692. The predicted octanol–water partition coefficient (Wildman–Crippen LogP) is 4.61. The molecule has 0 aromatic heterocycles. The molecule has 4 nitrogen and oxygen atoms in total. The maximum absolute atomic E-state index is 10.5. The molecule has 1 saturated heterocycles. The highest BCUT2D eigenvalue weighted by Crippen LogP contribution is 2.29. The summed E-state index contributed by atoms with van der Waals surface area (Å²) in [7, 11) is 0. The summed E-state index contributed by atoms with van der Waals surface area (Å²) in [6.07, 6.45) is -0.611. The Balaban J connectivity index is 1.56. The van der Waals surface area contributed by atoms with E-state index in [-0.39, 0.29) is 18.8 Å². The summed E-state index contributed by atoms with van der Waals surface area (Å²) in [4.78, 5) is 2.25. The number of ether oxygens (including phenoxy) is 2. The van der Waals surface area contributed by atoms with Gasteiger partial charge in [-0.05, 0) is 49.2 Å². The Morgan fingerprint density at radius 1 is 1.30 bits per heavy atom. The van der Waals surface area contributed by atoms with E-state index in [4.69, 9.17) is 21.1 Å². The highest BCUT2D eigenvalue weighted by Gasteiger charge is 2.31. The summed E-state index contributed by atoms with van der Waals surface area (Å²) in [5.41, 5.74) is 2.22. The molecule has 146 valence electrons. The van der Waals surface area contributed by atoms with E-state index in [2.05, 4.69) is 39.9 Å². The molecule has 27 heavy (non-hydrogen) atoms. The maximum Gasteiger partial charge on any atom is 0.138 e. The van der Waals surface area contributed by atoms with Gasteiger partial charge < -0.3 is 14.6 Å². The number of halogens is 2. The van der Waals surface area contributed by atoms with Crippen LogP contribution >= 0.6 is 27.5 Å². The lowest BCUT2D eigenvalue weighted by atomic mass is 10.0. The molecular formula is C21H25BrClNO3. The molecule has 6 heteroatoms. The molecule has 0 bridgehead atoms. The van der Waals surface area contributed by atoms with Crippen molar-refractivity contribution in [2.24, 2.45) is 0 Å². The average molecular weight is 455 g/mol. The maximum atomic E-state index is 10.5. The van der Waals surface area contributed by atoms with Crippen LogP contribution in [-0.4, -0.2) is 48.5 Å². The molecule has 3 atom stereocenters. The van der Waals surface area contributed by atoms with Crippen LogP contribution in [-0.2, 0) is 4.74 Å². The van der Waals surface area contributed by atoms with E-state index < -0.39 is 6.10 Å². The molecule has 3 unspecified atom stereocenters. The van der Waals surface area contributed by atoms with Crippen LogP contribution in [0.25, 0.3) is 0 Å². The Labute approximate surface area is 174 Å². The Hall–Kier alpha value is -1.11. The molecule has 0 aliphatic carbocycles. The predicted molar refractivity (Wildman–Crippen MR) is 112 cm³/mol. The van der Waals surface area contributed by atoms with Crippen molar-refractivity contribution in [2.45, 2.75) is 32.1 Å². The van der Waals surface area contributed by atoms with Gasteiger partial charge in [-0.3, -0.25) is 4.90 Å². The molecule has 1 fully saturated rings. The lowest BCUT2D eigenvalue weighted by Gasteiger charge is -2.40. The van der Waals surface area contributed by atoms with Gasteiger partial charge in [-0.1, -0.05) is 45.7 Å². The van der Waals surface area contributed by atoms with E-state index in [9.17, 15) is 5.11 Å². The molecule has 1 aliphatic heterocycles. The number of hydrogen-bond acceptors (Lipinski definition) is 4. The molecule has 0 amide bonds. The minimum Gasteiger partial charge on any atom is -0.489 e. The van der Waals surface area contributed by atoms with Crippen molar-refractivity contribution in [2.75, 3.05) is 26.3 Å². The number of hydrogen-bond donors (Lipinski definition) is 1. The SMILES string of the molecule is Cc1ccc(OCC(O)CN2CCOC(c3ccc(Br)cc3)C2C)c(Cl)c1. The Morgan fingerprint density at radius 2 is 2.04 bits per heavy atom. The molecule has 1 aliphatic rings. The van der Waals surface area contributed by atoms with Gasteiger partial charge in [0.15, 0.2) is 0 Å². The molecule has 0 saturated carbocycles. The standard InChI is InChI=1S/C21H25BrClNO3/c1-14-3-8-20(19(23)11-14)27-13-18(25)12-24-9-10-26-21(15(24)2)16-4-6-17(22)7-5-16/h3-8,11,15,18,21,25H,9-10,12-13H2,1-2H3. The first-order valence-corrected chi connectivity index (χ1v) is 10.3.